The van der Waals surface area contributed by atoms with E-state index in [1.54, 1.807) is 0 Å². The highest BCUT2D eigenvalue weighted by molar-refractivity contribution is 6.31. The van der Waals surface area contributed by atoms with E-state index in [1.807, 2.05) is 0 Å². The van der Waals surface area contributed by atoms with E-state index in [0.29, 0.717) is 0 Å². The molecule has 0 spiro atoms. The first kappa shape index (κ1) is 12.5. The Hall–Kier alpha value is -0.570. The molecule has 2 nitrogen and oxygen atoms in total. The number of nitrogens with one attached hydrogen (secondary N) is 1. The molecule has 0 aliphatic carbocycles. The first-order valence-electron chi connectivity index (χ1n) is 6.93. The molecule has 2 aliphatic rings. The largest absolute Gasteiger partial charge is 0.314 e. The number of benzene rings is 1. The third kappa shape index (κ3) is 2.56. The molecule has 2 unspecified atom stereocenters. The molecule has 3 rings (SSSR count). The Balaban J connectivity index is 1.64. The highest BCUT2D eigenvalue weighted by Gasteiger charge is 2.32. The van der Waals surface area contributed by atoms with E-state index in [-0.39, 0.29) is 0 Å². The molecule has 0 radical (unpaired) electrons. The molecule has 0 aromatic heterocycles. The predicted molar refractivity (Wildman–Crippen MR) is 76.0 cm³/mol. The van der Waals surface area contributed by atoms with E-state index >= 15 is 0 Å². The number of piperidine rings is 1. The van der Waals surface area contributed by atoms with Crippen LogP contribution in [-0.2, 0) is 6.54 Å². The minimum Gasteiger partial charge on any atom is -0.314 e. The lowest BCUT2D eigenvalue weighted by Gasteiger charge is -2.34. The highest BCUT2D eigenvalue weighted by atomic mass is 35.5. The Morgan fingerprint density at radius 2 is 2.28 bits per heavy atom. The zero-order valence-corrected chi connectivity index (χ0v) is 11.7. The Morgan fingerprint density at radius 3 is 3.11 bits per heavy atom. The third-order valence-corrected chi connectivity index (χ3v) is 4.79. The summed E-state index contributed by atoms with van der Waals surface area (Å²) < 4.78 is 0. The minimum atomic E-state index is 0.780. The normalized spacial score (nSPS) is 28.3. The van der Waals surface area contributed by atoms with Crippen LogP contribution in [0.5, 0.6) is 0 Å². The van der Waals surface area contributed by atoms with Gasteiger partial charge in [-0.25, -0.2) is 0 Å². The second-order valence-electron chi connectivity index (χ2n) is 5.72. The monoisotopic (exact) mass is 264 g/mol. The van der Waals surface area contributed by atoms with E-state index in [0.717, 1.165) is 23.5 Å². The van der Waals surface area contributed by atoms with Crippen molar-refractivity contribution in [2.75, 3.05) is 19.6 Å². The van der Waals surface area contributed by atoms with Crippen molar-refractivity contribution in [1.82, 2.24) is 10.2 Å². The second-order valence-corrected chi connectivity index (χ2v) is 6.12. The summed E-state index contributed by atoms with van der Waals surface area (Å²) in [6.45, 7) is 6.76. The summed E-state index contributed by atoms with van der Waals surface area (Å²) in [5, 5.41) is 4.51. The lowest BCUT2D eigenvalue weighted by molar-refractivity contribution is 0.156. The van der Waals surface area contributed by atoms with Crippen LogP contribution >= 0.6 is 11.6 Å². The molecule has 1 N–H and O–H groups in total. The highest BCUT2D eigenvalue weighted by Crippen LogP contribution is 2.26. The van der Waals surface area contributed by atoms with Crippen molar-refractivity contribution < 1.29 is 0 Å². The lowest BCUT2D eigenvalue weighted by atomic mass is 9.93. The first-order valence-corrected chi connectivity index (χ1v) is 7.31. The molecule has 3 heteroatoms. The maximum atomic E-state index is 6.19. The molecule has 2 heterocycles. The summed E-state index contributed by atoms with van der Waals surface area (Å²) in [5.41, 5.74) is 2.51. The van der Waals surface area contributed by atoms with Gasteiger partial charge >= 0.3 is 0 Å². The van der Waals surface area contributed by atoms with Crippen molar-refractivity contribution in [2.45, 2.75) is 32.4 Å². The maximum Gasteiger partial charge on any atom is 0.0438 e. The summed E-state index contributed by atoms with van der Waals surface area (Å²) in [6, 6.07) is 7.24. The lowest BCUT2D eigenvalue weighted by Crippen LogP contribution is -2.43. The number of nitrogens with zero attached hydrogens (tertiary/aromatic N) is 1. The van der Waals surface area contributed by atoms with Crippen LogP contribution in [0.2, 0.25) is 5.02 Å². The van der Waals surface area contributed by atoms with Crippen LogP contribution < -0.4 is 5.32 Å². The number of fused-ring (bicyclic) bond motifs is 1. The number of halogens is 1. The molecule has 0 saturated carbocycles. The van der Waals surface area contributed by atoms with E-state index in [1.165, 1.54) is 43.6 Å². The van der Waals surface area contributed by atoms with Crippen LogP contribution in [0.3, 0.4) is 0 Å². The second kappa shape index (κ2) is 5.20. The van der Waals surface area contributed by atoms with Gasteiger partial charge in [-0.15, -0.1) is 0 Å². The minimum absolute atomic E-state index is 0.780. The van der Waals surface area contributed by atoms with Gasteiger partial charge in [0.2, 0.25) is 0 Å². The van der Waals surface area contributed by atoms with Crippen molar-refractivity contribution >= 4 is 11.6 Å². The van der Waals surface area contributed by atoms with Gasteiger partial charge in [0, 0.05) is 24.2 Å². The standard InChI is InChI=1S/C15H21ClN2/c1-11-2-3-12(8-14(11)16)9-18-7-5-15-13(10-18)4-6-17-15/h2-3,8,13,15,17H,4-7,9-10H2,1H3. The van der Waals surface area contributed by atoms with Gasteiger partial charge in [0.25, 0.3) is 0 Å². The van der Waals surface area contributed by atoms with Crippen LogP contribution in [0, 0.1) is 12.8 Å². The van der Waals surface area contributed by atoms with Gasteiger partial charge in [0.05, 0.1) is 0 Å². The van der Waals surface area contributed by atoms with Gasteiger partial charge < -0.3 is 5.32 Å². The number of hydrogen-bond acceptors (Lipinski definition) is 2. The van der Waals surface area contributed by atoms with E-state index < -0.39 is 0 Å². The molecule has 2 atom stereocenters. The quantitative estimate of drug-likeness (QED) is 0.884. The molecule has 0 amide bonds. The van der Waals surface area contributed by atoms with Crippen molar-refractivity contribution in [1.29, 1.82) is 0 Å². The van der Waals surface area contributed by atoms with Gasteiger partial charge in [0.1, 0.15) is 0 Å². The van der Waals surface area contributed by atoms with Crippen LogP contribution in [-0.4, -0.2) is 30.6 Å². The average Bonchev–Trinajstić information content (AvgIpc) is 2.81. The zero-order chi connectivity index (χ0) is 12.5. The van der Waals surface area contributed by atoms with Crippen molar-refractivity contribution in [3.63, 3.8) is 0 Å². The molecule has 98 valence electrons. The van der Waals surface area contributed by atoms with Gasteiger partial charge in [0.15, 0.2) is 0 Å². The fraction of sp³-hybridized carbons (Fsp3) is 0.600. The maximum absolute atomic E-state index is 6.19. The van der Waals surface area contributed by atoms with Gasteiger partial charge in [-0.2, -0.15) is 0 Å². The molecule has 2 aliphatic heterocycles. The Bertz CT molecular complexity index is 433. The summed E-state index contributed by atoms with van der Waals surface area (Å²) >= 11 is 6.19. The number of likely N-dealkylation sites (tertiary alicyclic amines) is 1. The summed E-state index contributed by atoms with van der Waals surface area (Å²) in [5.74, 6) is 0.861. The molecule has 2 saturated heterocycles. The Morgan fingerprint density at radius 1 is 1.39 bits per heavy atom. The summed E-state index contributed by atoms with van der Waals surface area (Å²) in [4.78, 5) is 2.58. The van der Waals surface area contributed by atoms with E-state index in [2.05, 4.69) is 35.3 Å². The molecule has 2 fully saturated rings. The van der Waals surface area contributed by atoms with Crippen LogP contribution in [0.15, 0.2) is 18.2 Å². The molecule has 1 aromatic carbocycles. The molecule has 1 aromatic rings. The number of aryl methyl sites for hydroxylation is 1. The zero-order valence-electron chi connectivity index (χ0n) is 11.0. The molecule has 0 bridgehead atoms. The SMILES string of the molecule is Cc1ccc(CN2CCC3NCCC3C2)cc1Cl. The number of hydrogen-bond donors (Lipinski definition) is 1. The molecule has 18 heavy (non-hydrogen) atoms. The van der Waals surface area contributed by atoms with Crippen molar-refractivity contribution in [3.05, 3.63) is 34.3 Å². The molecular formula is C15H21ClN2. The third-order valence-electron chi connectivity index (χ3n) is 4.38. The summed E-state index contributed by atoms with van der Waals surface area (Å²) in [6.07, 6.45) is 2.64. The summed E-state index contributed by atoms with van der Waals surface area (Å²) in [7, 11) is 0. The topological polar surface area (TPSA) is 15.3 Å². The Kier molecular flexibility index (Phi) is 3.60. The van der Waals surface area contributed by atoms with Crippen molar-refractivity contribution in [2.24, 2.45) is 5.92 Å². The van der Waals surface area contributed by atoms with Gasteiger partial charge in [-0.1, -0.05) is 23.7 Å². The van der Waals surface area contributed by atoms with Crippen LogP contribution in [0.1, 0.15) is 24.0 Å². The fourth-order valence-electron chi connectivity index (χ4n) is 3.26. The van der Waals surface area contributed by atoms with E-state index in [4.69, 9.17) is 11.6 Å². The fourth-order valence-corrected chi connectivity index (χ4v) is 3.46. The molecular weight excluding hydrogens is 244 g/mol. The van der Waals surface area contributed by atoms with Gasteiger partial charge in [-0.05, 0) is 56.0 Å². The van der Waals surface area contributed by atoms with Crippen molar-refractivity contribution in [3.8, 4) is 0 Å². The number of rotatable bonds is 2. The predicted octanol–water partition coefficient (Wildman–Crippen LogP) is 2.83. The Labute approximate surface area is 114 Å². The first-order chi connectivity index (χ1) is 8.72. The van der Waals surface area contributed by atoms with E-state index in [9.17, 15) is 0 Å². The average molecular weight is 265 g/mol. The van der Waals surface area contributed by atoms with Gasteiger partial charge in [-0.3, -0.25) is 4.90 Å². The van der Waals surface area contributed by atoms with Crippen LogP contribution in [0.4, 0.5) is 0 Å². The van der Waals surface area contributed by atoms with Crippen LogP contribution in [0.25, 0.3) is 0 Å². The smallest absolute Gasteiger partial charge is 0.0438 e.